The minimum Gasteiger partial charge on any atom is -0.381 e. The molecule has 1 aliphatic heterocycles. The van der Waals surface area contributed by atoms with Gasteiger partial charge >= 0.3 is 0 Å². The largest absolute Gasteiger partial charge is 0.381 e. The molecule has 0 radical (unpaired) electrons. The van der Waals surface area contributed by atoms with Crippen molar-refractivity contribution >= 4 is 29.1 Å². The number of nitrogens with zero attached hydrogens (tertiary/aromatic N) is 1. The summed E-state index contributed by atoms with van der Waals surface area (Å²) in [6.07, 6.45) is 2.39. The number of ether oxygens (including phenoxy) is 1. The third-order valence-corrected chi connectivity index (χ3v) is 3.78. The second-order valence-electron chi connectivity index (χ2n) is 4.38. The Hall–Kier alpha value is -0.840. The molecule has 1 aromatic rings. The maximum absolute atomic E-state index is 12.0. The number of carbonyl (C=O) groups excluding carboxylic acids is 1. The van der Waals surface area contributed by atoms with Gasteiger partial charge in [0.2, 0.25) is 0 Å². The summed E-state index contributed by atoms with van der Waals surface area (Å²) in [6, 6.07) is 1.58. The smallest absolute Gasteiger partial charge is 0.253 e. The molecule has 2 unspecified atom stereocenters. The average Bonchev–Trinajstić information content (AvgIpc) is 2.86. The SMILES string of the molecule is CC(NC(=O)c1cnc(Cl)c(Cl)c1)C1CCOC1. The number of nitrogens with one attached hydrogen (secondary N) is 1. The molecule has 98 valence electrons. The number of hydrogen-bond donors (Lipinski definition) is 1. The van der Waals surface area contributed by atoms with Crippen molar-refractivity contribution in [3.63, 3.8) is 0 Å². The topological polar surface area (TPSA) is 51.2 Å². The highest BCUT2D eigenvalue weighted by Gasteiger charge is 2.24. The van der Waals surface area contributed by atoms with Gasteiger partial charge in [-0.25, -0.2) is 4.98 Å². The van der Waals surface area contributed by atoms with Crippen molar-refractivity contribution in [2.75, 3.05) is 13.2 Å². The first-order chi connectivity index (χ1) is 8.58. The minimum absolute atomic E-state index is 0.0643. The van der Waals surface area contributed by atoms with Crippen LogP contribution in [0.25, 0.3) is 0 Å². The molecule has 0 bridgehead atoms. The third kappa shape index (κ3) is 3.13. The van der Waals surface area contributed by atoms with Crippen LogP contribution in [-0.4, -0.2) is 30.1 Å². The zero-order valence-electron chi connectivity index (χ0n) is 9.95. The van der Waals surface area contributed by atoms with Crippen molar-refractivity contribution in [1.29, 1.82) is 0 Å². The van der Waals surface area contributed by atoms with Crippen molar-refractivity contribution in [3.05, 3.63) is 28.0 Å². The molecule has 1 fully saturated rings. The monoisotopic (exact) mass is 288 g/mol. The van der Waals surface area contributed by atoms with E-state index in [2.05, 4.69) is 10.3 Å². The number of hydrogen-bond acceptors (Lipinski definition) is 3. The van der Waals surface area contributed by atoms with E-state index in [1.807, 2.05) is 6.92 Å². The molecular formula is C12H14Cl2N2O2. The van der Waals surface area contributed by atoms with Crippen LogP contribution in [0.2, 0.25) is 10.2 Å². The zero-order valence-corrected chi connectivity index (χ0v) is 11.5. The molecule has 1 amide bonds. The van der Waals surface area contributed by atoms with Crippen LogP contribution in [0.1, 0.15) is 23.7 Å². The lowest BCUT2D eigenvalue weighted by Crippen LogP contribution is -2.38. The summed E-state index contributed by atoms with van der Waals surface area (Å²) >= 11 is 11.5. The Morgan fingerprint density at radius 1 is 1.61 bits per heavy atom. The number of rotatable bonds is 3. The maximum Gasteiger partial charge on any atom is 0.253 e. The summed E-state index contributed by atoms with van der Waals surface area (Å²) in [5.41, 5.74) is 0.412. The number of aromatic nitrogens is 1. The van der Waals surface area contributed by atoms with Crippen LogP contribution in [0.4, 0.5) is 0 Å². The highest BCUT2D eigenvalue weighted by molar-refractivity contribution is 6.41. The van der Waals surface area contributed by atoms with Crippen molar-refractivity contribution in [1.82, 2.24) is 10.3 Å². The first-order valence-corrected chi connectivity index (χ1v) is 6.53. The van der Waals surface area contributed by atoms with E-state index >= 15 is 0 Å². The molecule has 4 nitrogen and oxygen atoms in total. The van der Waals surface area contributed by atoms with Gasteiger partial charge in [0.1, 0.15) is 5.15 Å². The van der Waals surface area contributed by atoms with E-state index < -0.39 is 0 Å². The van der Waals surface area contributed by atoms with E-state index in [0.717, 1.165) is 13.0 Å². The summed E-state index contributed by atoms with van der Waals surface area (Å²) in [6.45, 7) is 3.43. The number of carbonyl (C=O) groups is 1. The van der Waals surface area contributed by atoms with Gasteiger partial charge in [-0.3, -0.25) is 4.79 Å². The molecule has 18 heavy (non-hydrogen) atoms. The number of pyridine rings is 1. The highest BCUT2D eigenvalue weighted by Crippen LogP contribution is 2.20. The Morgan fingerprint density at radius 2 is 2.39 bits per heavy atom. The molecule has 2 atom stereocenters. The normalized spacial score (nSPS) is 20.7. The predicted octanol–water partition coefficient (Wildman–Crippen LogP) is 2.54. The predicted molar refractivity (Wildman–Crippen MR) is 70.1 cm³/mol. The van der Waals surface area contributed by atoms with E-state index in [-0.39, 0.29) is 22.1 Å². The van der Waals surface area contributed by atoms with E-state index in [9.17, 15) is 4.79 Å². The van der Waals surface area contributed by atoms with Gasteiger partial charge in [-0.05, 0) is 19.4 Å². The van der Waals surface area contributed by atoms with Crippen LogP contribution >= 0.6 is 23.2 Å². The molecule has 1 aromatic heterocycles. The Bertz CT molecular complexity index is 448. The molecule has 1 saturated heterocycles. The van der Waals surface area contributed by atoms with Gasteiger partial charge in [0, 0.05) is 24.8 Å². The zero-order chi connectivity index (χ0) is 13.1. The maximum atomic E-state index is 12.0. The Balaban J connectivity index is 2.00. The van der Waals surface area contributed by atoms with Crippen LogP contribution in [-0.2, 0) is 4.74 Å². The van der Waals surface area contributed by atoms with Crippen LogP contribution in [0.3, 0.4) is 0 Å². The van der Waals surface area contributed by atoms with Gasteiger partial charge < -0.3 is 10.1 Å². The van der Waals surface area contributed by atoms with Crippen LogP contribution in [0, 0.1) is 5.92 Å². The van der Waals surface area contributed by atoms with E-state index in [1.165, 1.54) is 12.3 Å². The summed E-state index contributed by atoms with van der Waals surface area (Å²) in [4.78, 5) is 15.8. The fourth-order valence-electron chi connectivity index (χ4n) is 1.90. The summed E-state index contributed by atoms with van der Waals surface area (Å²) in [5.74, 6) is 0.171. The van der Waals surface area contributed by atoms with E-state index in [1.54, 1.807) is 0 Å². The summed E-state index contributed by atoms with van der Waals surface area (Å²) < 4.78 is 5.30. The first kappa shape index (κ1) is 13.6. The lowest BCUT2D eigenvalue weighted by molar-refractivity contribution is 0.0922. The molecular weight excluding hydrogens is 275 g/mol. The van der Waals surface area contributed by atoms with Gasteiger partial charge in [-0.15, -0.1) is 0 Å². The molecule has 2 rings (SSSR count). The van der Waals surface area contributed by atoms with Crippen LogP contribution < -0.4 is 5.32 Å². The quantitative estimate of drug-likeness (QED) is 0.870. The molecule has 0 aliphatic carbocycles. The van der Waals surface area contributed by atoms with Gasteiger partial charge in [-0.2, -0.15) is 0 Å². The fourth-order valence-corrected chi connectivity index (χ4v) is 2.17. The van der Waals surface area contributed by atoms with Gasteiger partial charge in [0.05, 0.1) is 17.2 Å². The molecule has 0 spiro atoms. The molecule has 0 aromatic carbocycles. The average molecular weight is 289 g/mol. The van der Waals surface area contributed by atoms with E-state index in [4.69, 9.17) is 27.9 Å². The third-order valence-electron chi connectivity index (χ3n) is 3.09. The van der Waals surface area contributed by atoms with Crippen molar-refractivity contribution in [2.24, 2.45) is 5.92 Å². The minimum atomic E-state index is -0.194. The lowest BCUT2D eigenvalue weighted by atomic mass is 10.0. The number of halogens is 2. The van der Waals surface area contributed by atoms with Crippen LogP contribution in [0.15, 0.2) is 12.3 Å². The molecule has 0 saturated carbocycles. The first-order valence-electron chi connectivity index (χ1n) is 5.77. The Kier molecular flexibility index (Phi) is 4.43. The van der Waals surface area contributed by atoms with Gasteiger partial charge in [0.15, 0.2) is 0 Å². The fraction of sp³-hybridized carbons (Fsp3) is 0.500. The van der Waals surface area contributed by atoms with Crippen LogP contribution in [0.5, 0.6) is 0 Å². The standard InChI is InChI=1S/C12H14Cl2N2O2/c1-7(8-2-3-18-6-8)16-12(17)9-4-10(13)11(14)15-5-9/h4-5,7-8H,2-3,6H2,1H3,(H,16,17). The highest BCUT2D eigenvalue weighted by atomic mass is 35.5. The molecule has 1 N–H and O–H groups in total. The number of amides is 1. The van der Waals surface area contributed by atoms with Crippen molar-refractivity contribution in [2.45, 2.75) is 19.4 Å². The van der Waals surface area contributed by atoms with E-state index in [0.29, 0.717) is 18.1 Å². The van der Waals surface area contributed by atoms with Crippen molar-refractivity contribution < 1.29 is 9.53 Å². The molecule has 1 aliphatic rings. The molecule has 2 heterocycles. The lowest BCUT2D eigenvalue weighted by Gasteiger charge is -2.19. The second-order valence-corrected chi connectivity index (χ2v) is 5.15. The van der Waals surface area contributed by atoms with Crippen molar-refractivity contribution in [3.8, 4) is 0 Å². The molecule has 6 heteroatoms. The van der Waals surface area contributed by atoms with Gasteiger partial charge in [0.25, 0.3) is 5.91 Å². The summed E-state index contributed by atoms with van der Waals surface area (Å²) in [5, 5.41) is 3.40. The summed E-state index contributed by atoms with van der Waals surface area (Å²) in [7, 11) is 0. The Labute approximate surface area is 116 Å². The second kappa shape index (κ2) is 5.87. The Morgan fingerprint density at radius 3 is 3.00 bits per heavy atom. The van der Waals surface area contributed by atoms with Gasteiger partial charge in [-0.1, -0.05) is 23.2 Å².